The van der Waals surface area contributed by atoms with Crippen molar-refractivity contribution in [2.45, 2.75) is 57.3 Å². The third kappa shape index (κ3) is 4.26. The zero-order valence-electron chi connectivity index (χ0n) is 13.7. The lowest BCUT2D eigenvalue weighted by molar-refractivity contribution is -0.202. The molecule has 4 nitrogen and oxygen atoms in total. The molecule has 7 heteroatoms. The molecular formula is C17H20F3N3O. The molecule has 0 spiro atoms. The van der Waals surface area contributed by atoms with Crippen molar-refractivity contribution in [3.63, 3.8) is 0 Å². The maximum atomic E-state index is 13.4. The lowest BCUT2D eigenvalue weighted by Gasteiger charge is -2.37. The quantitative estimate of drug-likeness (QED) is 0.895. The normalized spacial score (nSPS) is 18.9. The third-order valence-electron chi connectivity index (χ3n) is 4.21. The summed E-state index contributed by atoms with van der Waals surface area (Å²) in [5.41, 5.74) is 2.89. The van der Waals surface area contributed by atoms with Gasteiger partial charge in [0.2, 0.25) is 5.91 Å². The second kappa shape index (κ2) is 6.81. The highest BCUT2D eigenvalue weighted by Gasteiger charge is 2.51. The Balaban J connectivity index is 2.02. The number of benzene rings is 1. The first-order valence-corrected chi connectivity index (χ1v) is 7.78. The van der Waals surface area contributed by atoms with Crippen LogP contribution in [0.3, 0.4) is 0 Å². The van der Waals surface area contributed by atoms with Crippen LogP contribution in [0.15, 0.2) is 24.3 Å². The molecule has 0 saturated carbocycles. The molecule has 1 heterocycles. The Kier molecular flexibility index (Phi) is 5.19. The number of carbonyl (C=O) groups is 1. The molecule has 1 aliphatic heterocycles. The molecule has 0 aromatic heterocycles. The summed E-state index contributed by atoms with van der Waals surface area (Å²) >= 11 is 0. The van der Waals surface area contributed by atoms with E-state index in [1.807, 2.05) is 6.07 Å². The Morgan fingerprint density at radius 2 is 1.96 bits per heavy atom. The van der Waals surface area contributed by atoms with E-state index >= 15 is 0 Å². The molecule has 130 valence electrons. The number of hydrogen-bond donors (Lipinski definition) is 1. The van der Waals surface area contributed by atoms with E-state index in [9.17, 15) is 18.0 Å². The van der Waals surface area contributed by atoms with Crippen molar-refractivity contribution in [2.75, 3.05) is 0 Å². The fourth-order valence-electron chi connectivity index (χ4n) is 2.99. The molecule has 1 fully saturated rings. The van der Waals surface area contributed by atoms with Crippen LogP contribution in [0.2, 0.25) is 0 Å². The first-order valence-electron chi connectivity index (χ1n) is 7.78. The lowest BCUT2D eigenvalue weighted by atomic mass is 9.97. The van der Waals surface area contributed by atoms with E-state index in [2.05, 4.69) is 5.43 Å². The van der Waals surface area contributed by atoms with E-state index in [0.29, 0.717) is 18.4 Å². The maximum absolute atomic E-state index is 13.4. The number of hydrogen-bond acceptors (Lipinski definition) is 3. The van der Waals surface area contributed by atoms with Crippen molar-refractivity contribution < 1.29 is 18.0 Å². The number of carbonyl (C=O) groups excluding carboxylic acids is 1. The summed E-state index contributed by atoms with van der Waals surface area (Å²) in [4.78, 5) is 11.5. The van der Waals surface area contributed by atoms with Crippen molar-refractivity contribution >= 4 is 5.91 Å². The lowest BCUT2D eigenvalue weighted by Crippen LogP contribution is -2.56. The SMILES string of the molecule is CC1(C)CC(=O)NN1[C@@H](CCCc1ccc(C#N)cc1)C(F)(F)F. The predicted octanol–water partition coefficient (Wildman–Crippen LogP) is 3.33. The van der Waals surface area contributed by atoms with Gasteiger partial charge < -0.3 is 0 Å². The fourth-order valence-corrected chi connectivity index (χ4v) is 2.99. The topological polar surface area (TPSA) is 56.1 Å². The Morgan fingerprint density at radius 1 is 1.33 bits per heavy atom. The van der Waals surface area contributed by atoms with Gasteiger partial charge in [0.15, 0.2) is 0 Å². The van der Waals surface area contributed by atoms with Crippen molar-refractivity contribution in [3.8, 4) is 6.07 Å². The smallest absolute Gasteiger partial charge is 0.288 e. The van der Waals surface area contributed by atoms with Crippen molar-refractivity contribution in [1.29, 1.82) is 5.26 Å². The molecule has 1 aliphatic rings. The molecule has 0 radical (unpaired) electrons. The van der Waals surface area contributed by atoms with Crippen LogP contribution in [0.25, 0.3) is 0 Å². The van der Waals surface area contributed by atoms with Crippen LogP contribution in [0.1, 0.15) is 44.2 Å². The number of nitrogens with zero attached hydrogens (tertiary/aromatic N) is 2. The zero-order chi connectivity index (χ0) is 18.0. The number of halogens is 3. The van der Waals surface area contributed by atoms with Crippen molar-refractivity contribution in [3.05, 3.63) is 35.4 Å². The van der Waals surface area contributed by atoms with Gasteiger partial charge >= 0.3 is 6.18 Å². The molecular weight excluding hydrogens is 319 g/mol. The van der Waals surface area contributed by atoms with Crippen LogP contribution in [0, 0.1) is 11.3 Å². The van der Waals surface area contributed by atoms with Crippen molar-refractivity contribution in [2.24, 2.45) is 0 Å². The third-order valence-corrected chi connectivity index (χ3v) is 4.21. The molecule has 0 aliphatic carbocycles. The highest BCUT2D eigenvalue weighted by Crippen LogP contribution is 2.35. The van der Waals surface area contributed by atoms with E-state index in [1.54, 1.807) is 38.1 Å². The van der Waals surface area contributed by atoms with Crippen molar-refractivity contribution in [1.82, 2.24) is 10.4 Å². The molecule has 1 N–H and O–H groups in total. The van der Waals surface area contributed by atoms with Crippen LogP contribution in [0.5, 0.6) is 0 Å². The number of rotatable bonds is 5. The molecule has 1 aromatic rings. The first-order chi connectivity index (χ1) is 11.1. The Morgan fingerprint density at radius 3 is 2.42 bits per heavy atom. The summed E-state index contributed by atoms with van der Waals surface area (Å²) in [7, 11) is 0. The van der Waals surface area contributed by atoms with Gasteiger partial charge in [0.25, 0.3) is 0 Å². The summed E-state index contributed by atoms with van der Waals surface area (Å²) in [5.74, 6) is -0.388. The first kappa shape index (κ1) is 18.3. The zero-order valence-corrected chi connectivity index (χ0v) is 13.7. The standard InChI is InChI=1S/C17H20F3N3O/c1-16(2)10-15(24)22-23(16)14(17(18,19)20)5-3-4-12-6-8-13(11-21)9-7-12/h6-9,14H,3-5,10H2,1-2H3,(H,22,24)/t14-/m0/s1. The Hall–Kier alpha value is -2.07. The van der Waals surface area contributed by atoms with Crippen LogP contribution >= 0.6 is 0 Å². The monoisotopic (exact) mass is 339 g/mol. The van der Waals surface area contributed by atoms with Gasteiger partial charge in [-0.05, 0) is 50.8 Å². The van der Waals surface area contributed by atoms with Crippen LogP contribution in [-0.2, 0) is 11.2 Å². The molecule has 1 aromatic carbocycles. The van der Waals surface area contributed by atoms with Gasteiger partial charge in [0, 0.05) is 12.0 Å². The summed E-state index contributed by atoms with van der Waals surface area (Å²) in [6.45, 7) is 3.26. The minimum absolute atomic E-state index is 0.0508. The number of nitrogens with one attached hydrogen (secondary N) is 1. The van der Waals surface area contributed by atoms with Crippen LogP contribution < -0.4 is 5.43 Å². The van der Waals surface area contributed by atoms with Crippen LogP contribution in [-0.4, -0.2) is 28.7 Å². The van der Waals surface area contributed by atoms with Gasteiger partial charge in [0.1, 0.15) is 6.04 Å². The highest BCUT2D eigenvalue weighted by atomic mass is 19.4. The maximum Gasteiger partial charge on any atom is 0.405 e. The summed E-state index contributed by atoms with van der Waals surface area (Å²) in [5, 5.41) is 9.79. The second-order valence-electron chi connectivity index (χ2n) is 6.65. The largest absolute Gasteiger partial charge is 0.405 e. The van der Waals surface area contributed by atoms with Gasteiger partial charge in [0.05, 0.1) is 11.6 Å². The van der Waals surface area contributed by atoms with E-state index in [0.717, 1.165) is 10.6 Å². The van der Waals surface area contributed by atoms with Crippen LogP contribution in [0.4, 0.5) is 13.2 Å². The van der Waals surface area contributed by atoms with E-state index in [-0.39, 0.29) is 18.7 Å². The summed E-state index contributed by atoms with van der Waals surface area (Å²) < 4.78 is 40.3. The van der Waals surface area contributed by atoms with E-state index < -0.39 is 17.8 Å². The number of amides is 1. The molecule has 24 heavy (non-hydrogen) atoms. The minimum Gasteiger partial charge on any atom is -0.288 e. The molecule has 1 amide bonds. The average Bonchev–Trinajstić information content (AvgIpc) is 2.75. The summed E-state index contributed by atoms with van der Waals surface area (Å²) in [6.07, 6.45) is -3.65. The predicted molar refractivity (Wildman–Crippen MR) is 82.6 cm³/mol. The van der Waals surface area contributed by atoms with Gasteiger partial charge in [-0.15, -0.1) is 0 Å². The van der Waals surface area contributed by atoms with Gasteiger partial charge in [-0.2, -0.15) is 18.4 Å². The summed E-state index contributed by atoms with van der Waals surface area (Å²) in [6, 6.07) is 7.10. The molecule has 1 saturated heterocycles. The Labute approximate surface area is 139 Å². The molecule has 2 rings (SSSR count). The van der Waals surface area contributed by atoms with Gasteiger partial charge in [-0.25, -0.2) is 5.01 Å². The van der Waals surface area contributed by atoms with Gasteiger partial charge in [-0.1, -0.05) is 12.1 Å². The van der Waals surface area contributed by atoms with E-state index in [1.165, 1.54) is 0 Å². The number of aryl methyl sites for hydroxylation is 1. The number of alkyl halides is 3. The Bertz CT molecular complexity index is 632. The van der Waals surface area contributed by atoms with E-state index in [4.69, 9.17) is 5.26 Å². The average molecular weight is 339 g/mol. The highest BCUT2D eigenvalue weighted by molar-refractivity contribution is 5.78. The fraction of sp³-hybridized carbons (Fsp3) is 0.529. The second-order valence-corrected chi connectivity index (χ2v) is 6.65. The molecule has 0 unspecified atom stereocenters. The molecule has 0 bridgehead atoms. The van der Waals surface area contributed by atoms with Gasteiger partial charge in [-0.3, -0.25) is 10.2 Å². The molecule has 1 atom stereocenters. The number of hydrazine groups is 1. The number of nitriles is 1. The minimum atomic E-state index is -4.42.